The van der Waals surface area contributed by atoms with Gasteiger partial charge in [-0.2, -0.15) is 0 Å². The maximum Gasteiger partial charge on any atom is 0.0756 e. The lowest BCUT2D eigenvalue weighted by Gasteiger charge is -2.50. The Labute approximate surface area is 112 Å². The molecule has 18 heavy (non-hydrogen) atoms. The van der Waals surface area contributed by atoms with Gasteiger partial charge in [0, 0.05) is 24.7 Å². The van der Waals surface area contributed by atoms with Crippen molar-refractivity contribution < 1.29 is 5.11 Å². The van der Waals surface area contributed by atoms with E-state index >= 15 is 0 Å². The molecule has 108 valence electrons. The summed E-state index contributed by atoms with van der Waals surface area (Å²) in [7, 11) is 6.50. The minimum atomic E-state index is -0.751. The van der Waals surface area contributed by atoms with Crippen LogP contribution in [0.4, 0.5) is 0 Å². The highest BCUT2D eigenvalue weighted by Crippen LogP contribution is 2.37. The van der Waals surface area contributed by atoms with E-state index in [9.17, 15) is 5.11 Å². The van der Waals surface area contributed by atoms with Crippen LogP contribution in [0.5, 0.6) is 0 Å². The van der Waals surface area contributed by atoms with Crippen molar-refractivity contribution in [1.29, 1.82) is 0 Å². The van der Waals surface area contributed by atoms with E-state index in [0.717, 1.165) is 13.0 Å². The Bertz CT molecular complexity index is 262. The minimum Gasteiger partial charge on any atom is -0.389 e. The summed E-state index contributed by atoms with van der Waals surface area (Å²) >= 11 is 0. The van der Waals surface area contributed by atoms with Crippen molar-refractivity contribution in [3.05, 3.63) is 0 Å². The van der Waals surface area contributed by atoms with Crippen molar-refractivity contribution in [2.75, 3.05) is 34.2 Å². The van der Waals surface area contributed by atoms with Crippen molar-refractivity contribution in [2.24, 2.45) is 5.73 Å². The molecule has 1 aliphatic rings. The average Bonchev–Trinajstić information content (AvgIpc) is 2.21. The quantitative estimate of drug-likeness (QED) is 0.711. The first-order chi connectivity index (χ1) is 8.22. The van der Waals surface area contributed by atoms with Gasteiger partial charge in [-0.15, -0.1) is 0 Å². The highest BCUT2D eigenvalue weighted by molar-refractivity contribution is 4.98. The Morgan fingerprint density at radius 2 is 1.89 bits per heavy atom. The van der Waals surface area contributed by atoms with Crippen LogP contribution in [0.2, 0.25) is 0 Å². The maximum atomic E-state index is 10.1. The summed E-state index contributed by atoms with van der Waals surface area (Å²) in [6, 6.07) is 0.348. The number of nitrogens with two attached hydrogens (primary N) is 1. The van der Waals surface area contributed by atoms with Crippen molar-refractivity contribution in [1.82, 2.24) is 9.80 Å². The zero-order chi connectivity index (χ0) is 14.0. The first-order valence-electron chi connectivity index (χ1n) is 7.02. The molecule has 4 heteroatoms. The zero-order valence-corrected chi connectivity index (χ0v) is 12.7. The topological polar surface area (TPSA) is 52.7 Å². The molecule has 0 heterocycles. The fraction of sp³-hybridized carbons (Fsp3) is 1.00. The van der Waals surface area contributed by atoms with E-state index in [1.807, 2.05) is 6.92 Å². The Hall–Kier alpha value is -0.160. The first-order valence-corrected chi connectivity index (χ1v) is 7.02. The highest BCUT2D eigenvalue weighted by atomic mass is 16.3. The number of nitrogens with zero attached hydrogens (tertiary/aromatic N) is 2. The SMILES string of the molecule is CC(CC(C)(O)CN)N(C)CC1(N(C)C)CCC1. The second-order valence-corrected chi connectivity index (χ2v) is 6.64. The molecule has 0 radical (unpaired) electrons. The zero-order valence-electron chi connectivity index (χ0n) is 12.7. The van der Waals surface area contributed by atoms with Crippen LogP contribution in [-0.2, 0) is 0 Å². The number of hydrogen-bond acceptors (Lipinski definition) is 4. The second kappa shape index (κ2) is 5.87. The standard InChI is InChI=1S/C14H31N3O/c1-12(9-13(2,18)10-15)17(5)11-14(16(3)4)7-6-8-14/h12,18H,6-11,15H2,1-5H3. The van der Waals surface area contributed by atoms with Gasteiger partial charge in [0.2, 0.25) is 0 Å². The Kier molecular flexibility index (Phi) is 5.18. The molecule has 0 amide bonds. The summed E-state index contributed by atoms with van der Waals surface area (Å²) in [5.74, 6) is 0. The van der Waals surface area contributed by atoms with Gasteiger partial charge in [-0.05, 0) is 60.7 Å². The first kappa shape index (κ1) is 15.9. The fourth-order valence-electron chi connectivity index (χ4n) is 2.83. The molecule has 1 saturated carbocycles. The summed E-state index contributed by atoms with van der Waals surface area (Å²) < 4.78 is 0. The molecule has 0 aromatic rings. The van der Waals surface area contributed by atoms with E-state index < -0.39 is 5.60 Å². The number of likely N-dealkylation sites (N-methyl/N-ethyl adjacent to an activating group) is 2. The van der Waals surface area contributed by atoms with E-state index in [-0.39, 0.29) is 0 Å². The molecule has 0 aromatic carbocycles. The van der Waals surface area contributed by atoms with E-state index in [1.54, 1.807) is 0 Å². The van der Waals surface area contributed by atoms with Crippen LogP contribution in [0.25, 0.3) is 0 Å². The van der Waals surface area contributed by atoms with Crippen LogP contribution in [0.3, 0.4) is 0 Å². The van der Waals surface area contributed by atoms with Gasteiger partial charge in [-0.25, -0.2) is 0 Å². The normalized spacial score (nSPS) is 23.8. The largest absolute Gasteiger partial charge is 0.389 e. The van der Waals surface area contributed by atoms with Crippen molar-refractivity contribution in [2.45, 2.75) is 56.7 Å². The third-order valence-electron chi connectivity index (χ3n) is 4.70. The molecule has 0 saturated heterocycles. The molecule has 1 rings (SSSR count). The molecule has 2 unspecified atom stereocenters. The summed E-state index contributed by atoms with van der Waals surface area (Å²) in [6.45, 7) is 5.39. The Balaban J connectivity index is 2.51. The van der Waals surface area contributed by atoms with Gasteiger partial charge in [0.25, 0.3) is 0 Å². The maximum absolute atomic E-state index is 10.1. The van der Waals surface area contributed by atoms with Crippen LogP contribution in [0.1, 0.15) is 39.5 Å². The summed E-state index contributed by atoms with van der Waals surface area (Å²) in [5, 5.41) is 10.1. The molecular weight excluding hydrogens is 226 g/mol. The predicted molar refractivity (Wildman–Crippen MR) is 76.7 cm³/mol. The van der Waals surface area contributed by atoms with Crippen LogP contribution in [0.15, 0.2) is 0 Å². The van der Waals surface area contributed by atoms with Crippen molar-refractivity contribution in [3.63, 3.8) is 0 Å². The Morgan fingerprint density at radius 1 is 1.33 bits per heavy atom. The van der Waals surface area contributed by atoms with Crippen LogP contribution in [0, 0.1) is 0 Å². The lowest BCUT2D eigenvalue weighted by atomic mass is 9.75. The molecule has 1 fully saturated rings. The van der Waals surface area contributed by atoms with E-state index in [0.29, 0.717) is 18.1 Å². The molecule has 1 aliphatic carbocycles. The van der Waals surface area contributed by atoms with Gasteiger partial charge in [-0.3, -0.25) is 0 Å². The molecule has 0 bridgehead atoms. The molecule has 0 aliphatic heterocycles. The highest BCUT2D eigenvalue weighted by Gasteiger charge is 2.40. The lowest BCUT2D eigenvalue weighted by Crippen LogP contribution is -2.58. The van der Waals surface area contributed by atoms with Crippen LogP contribution < -0.4 is 5.73 Å². The van der Waals surface area contributed by atoms with Gasteiger partial charge in [-0.1, -0.05) is 0 Å². The molecule has 0 spiro atoms. The minimum absolute atomic E-state index is 0.323. The van der Waals surface area contributed by atoms with E-state index in [1.165, 1.54) is 19.3 Å². The second-order valence-electron chi connectivity index (χ2n) is 6.64. The van der Waals surface area contributed by atoms with Crippen molar-refractivity contribution >= 4 is 0 Å². The summed E-state index contributed by atoms with van der Waals surface area (Å²) in [5.41, 5.74) is 5.18. The summed E-state index contributed by atoms with van der Waals surface area (Å²) in [6.07, 6.45) is 4.62. The molecular formula is C14H31N3O. The van der Waals surface area contributed by atoms with Gasteiger partial charge >= 0.3 is 0 Å². The molecule has 3 N–H and O–H groups in total. The van der Waals surface area contributed by atoms with Gasteiger partial charge in [0.05, 0.1) is 5.60 Å². The van der Waals surface area contributed by atoms with Gasteiger partial charge in [0.1, 0.15) is 0 Å². The number of rotatable bonds is 7. The summed E-state index contributed by atoms with van der Waals surface area (Å²) in [4.78, 5) is 4.73. The fourth-order valence-corrected chi connectivity index (χ4v) is 2.83. The number of hydrogen-bond donors (Lipinski definition) is 2. The Morgan fingerprint density at radius 3 is 2.22 bits per heavy atom. The predicted octanol–water partition coefficient (Wildman–Crippen LogP) is 0.891. The van der Waals surface area contributed by atoms with Crippen LogP contribution >= 0.6 is 0 Å². The molecule has 2 atom stereocenters. The molecule has 4 nitrogen and oxygen atoms in total. The average molecular weight is 257 g/mol. The molecule has 0 aromatic heterocycles. The number of aliphatic hydroxyl groups is 1. The van der Waals surface area contributed by atoms with E-state index in [2.05, 4.69) is 37.9 Å². The smallest absolute Gasteiger partial charge is 0.0756 e. The third kappa shape index (κ3) is 3.67. The van der Waals surface area contributed by atoms with E-state index in [4.69, 9.17) is 5.73 Å². The van der Waals surface area contributed by atoms with Gasteiger partial charge < -0.3 is 20.6 Å². The third-order valence-corrected chi connectivity index (χ3v) is 4.70. The monoisotopic (exact) mass is 257 g/mol. The lowest BCUT2D eigenvalue weighted by molar-refractivity contribution is -0.00524. The van der Waals surface area contributed by atoms with Gasteiger partial charge in [0.15, 0.2) is 0 Å². The van der Waals surface area contributed by atoms with Crippen molar-refractivity contribution in [3.8, 4) is 0 Å². The van der Waals surface area contributed by atoms with Crippen LogP contribution in [-0.4, -0.2) is 66.3 Å².